The van der Waals surface area contributed by atoms with Crippen LogP contribution in [0.2, 0.25) is 5.02 Å². The Hall–Kier alpha value is -1.75. The Morgan fingerprint density at radius 3 is 2.07 bits per heavy atom. The number of hydrogen-bond acceptors (Lipinski definition) is 4. The van der Waals surface area contributed by atoms with E-state index >= 15 is 0 Å². The second kappa shape index (κ2) is 10.3. The zero-order valence-corrected chi connectivity index (χ0v) is 18.4. The van der Waals surface area contributed by atoms with Gasteiger partial charge < -0.3 is 9.47 Å². The van der Waals surface area contributed by atoms with Crippen LogP contribution >= 0.6 is 35.1 Å². The van der Waals surface area contributed by atoms with Crippen molar-refractivity contribution in [2.24, 2.45) is 0 Å². The molecule has 3 aromatic rings. The van der Waals surface area contributed by atoms with Crippen LogP contribution in [0.4, 0.5) is 0 Å². The lowest BCUT2D eigenvalue weighted by Crippen LogP contribution is -2.00. The van der Waals surface area contributed by atoms with Crippen molar-refractivity contribution >= 4 is 35.1 Å². The SMILES string of the molecule is Clc1ccccc1COc1ccc(COc2ccc(C3SCCCS3)cc2)cc1. The molecule has 0 atom stereocenters. The van der Waals surface area contributed by atoms with Gasteiger partial charge in [0.05, 0.1) is 4.58 Å². The highest BCUT2D eigenvalue weighted by Gasteiger charge is 2.16. The molecule has 0 amide bonds. The maximum Gasteiger partial charge on any atom is 0.119 e. The first-order valence-corrected chi connectivity index (χ1v) is 12.2. The Bertz CT molecular complexity index is 907. The van der Waals surface area contributed by atoms with Crippen molar-refractivity contribution in [1.82, 2.24) is 0 Å². The average Bonchev–Trinajstić information content (AvgIpc) is 2.79. The minimum absolute atomic E-state index is 0.458. The molecule has 1 saturated heterocycles. The molecule has 1 aliphatic heterocycles. The van der Waals surface area contributed by atoms with E-state index in [9.17, 15) is 0 Å². The summed E-state index contributed by atoms with van der Waals surface area (Å²) in [6.45, 7) is 0.997. The Labute approximate surface area is 186 Å². The van der Waals surface area contributed by atoms with E-state index in [1.54, 1.807) is 0 Å². The Morgan fingerprint density at radius 2 is 1.38 bits per heavy atom. The summed E-state index contributed by atoms with van der Waals surface area (Å²) in [5, 5.41) is 0.726. The van der Waals surface area contributed by atoms with Crippen molar-refractivity contribution in [3.05, 3.63) is 94.5 Å². The van der Waals surface area contributed by atoms with Crippen LogP contribution in [0.5, 0.6) is 11.5 Å². The van der Waals surface area contributed by atoms with Gasteiger partial charge >= 0.3 is 0 Å². The zero-order valence-electron chi connectivity index (χ0n) is 16.1. The molecular weight excluding hydrogens is 420 g/mol. The molecule has 5 heteroatoms. The van der Waals surface area contributed by atoms with Gasteiger partial charge in [-0.1, -0.05) is 54.1 Å². The summed E-state index contributed by atoms with van der Waals surface area (Å²) in [4.78, 5) is 0. The predicted molar refractivity (Wildman–Crippen MR) is 125 cm³/mol. The predicted octanol–water partition coefficient (Wildman–Crippen LogP) is 7.37. The van der Waals surface area contributed by atoms with E-state index in [1.165, 1.54) is 23.5 Å². The van der Waals surface area contributed by atoms with Crippen LogP contribution in [0.15, 0.2) is 72.8 Å². The van der Waals surface area contributed by atoms with E-state index in [4.69, 9.17) is 21.1 Å². The van der Waals surface area contributed by atoms with E-state index in [0.717, 1.165) is 27.6 Å². The molecule has 0 bridgehead atoms. The van der Waals surface area contributed by atoms with Gasteiger partial charge in [0.25, 0.3) is 0 Å². The van der Waals surface area contributed by atoms with Crippen LogP contribution in [0.25, 0.3) is 0 Å². The lowest BCUT2D eigenvalue weighted by atomic mass is 10.2. The first-order chi connectivity index (χ1) is 14.3. The summed E-state index contributed by atoms with van der Waals surface area (Å²) in [7, 11) is 0. The highest BCUT2D eigenvalue weighted by atomic mass is 35.5. The van der Waals surface area contributed by atoms with E-state index in [2.05, 4.69) is 24.3 Å². The van der Waals surface area contributed by atoms with Gasteiger partial charge in [0.2, 0.25) is 0 Å². The fourth-order valence-corrected chi connectivity index (χ4v) is 6.11. The number of thioether (sulfide) groups is 2. The summed E-state index contributed by atoms with van der Waals surface area (Å²) in [6, 6.07) is 24.3. The van der Waals surface area contributed by atoms with Gasteiger partial charge in [-0.15, -0.1) is 23.5 Å². The molecule has 0 saturated carbocycles. The smallest absolute Gasteiger partial charge is 0.119 e. The second-order valence-electron chi connectivity index (χ2n) is 6.81. The topological polar surface area (TPSA) is 18.5 Å². The summed E-state index contributed by atoms with van der Waals surface area (Å²) >= 11 is 10.2. The average molecular weight is 443 g/mol. The minimum atomic E-state index is 0.458. The van der Waals surface area contributed by atoms with Crippen LogP contribution in [-0.4, -0.2) is 11.5 Å². The number of benzene rings is 3. The quantitative estimate of drug-likeness (QED) is 0.380. The molecule has 1 heterocycles. The standard InChI is InChI=1S/C24H23ClO2S2/c25-23-5-2-1-4-20(23)17-27-21-10-6-18(7-11-21)16-26-22-12-8-19(9-13-22)24-28-14-3-15-29-24/h1-2,4-13,24H,3,14-17H2. The van der Waals surface area contributed by atoms with E-state index in [0.29, 0.717) is 17.8 Å². The van der Waals surface area contributed by atoms with Gasteiger partial charge in [-0.05, 0) is 59.4 Å². The first kappa shape index (κ1) is 20.5. The maximum atomic E-state index is 6.17. The van der Waals surface area contributed by atoms with Crippen LogP contribution in [-0.2, 0) is 13.2 Å². The van der Waals surface area contributed by atoms with Crippen molar-refractivity contribution in [2.75, 3.05) is 11.5 Å². The maximum absolute atomic E-state index is 6.17. The lowest BCUT2D eigenvalue weighted by molar-refractivity contribution is 0.301. The Kier molecular flexibility index (Phi) is 7.31. The van der Waals surface area contributed by atoms with Crippen molar-refractivity contribution in [3.63, 3.8) is 0 Å². The van der Waals surface area contributed by atoms with Crippen molar-refractivity contribution < 1.29 is 9.47 Å². The van der Waals surface area contributed by atoms with Crippen molar-refractivity contribution in [1.29, 1.82) is 0 Å². The summed E-state index contributed by atoms with van der Waals surface area (Å²) in [6.07, 6.45) is 1.32. The molecular formula is C24H23ClO2S2. The highest BCUT2D eigenvalue weighted by Crippen LogP contribution is 2.43. The van der Waals surface area contributed by atoms with Gasteiger partial charge in [0.1, 0.15) is 24.7 Å². The third-order valence-electron chi connectivity index (χ3n) is 4.66. The molecule has 0 radical (unpaired) electrons. The second-order valence-corrected chi connectivity index (χ2v) is 9.94. The molecule has 150 valence electrons. The summed E-state index contributed by atoms with van der Waals surface area (Å²) in [5.74, 6) is 4.24. The normalized spacial score (nSPS) is 14.5. The largest absolute Gasteiger partial charge is 0.489 e. The molecule has 1 fully saturated rings. The van der Waals surface area contributed by atoms with Crippen LogP contribution in [0, 0.1) is 0 Å². The van der Waals surface area contributed by atoms with E-state index in [1.807, 2.05) is 72.1 Å². The molecule has 29 heavy (non-hydrogen) atoms. The monoisotopic (exact) mass is 442 g/mol. The summed E-state index contributed by atoms with van der Waals surface area (Å²) < 4.78 is 12.3. The number of halogens is 1. The highest BCUT2D eigenvalue weighted by molar-refractivity contribution is 8.16. The van der Waals surface area contributed by atoms with Crippen molar-refractivity contribution in [2.45, 2.75) is 24.2 Å². The first-order valence-electron chi connectivity index (χ1n) is 9.69. The van der Waals surface area contributed by atoms with Gasteiger partial charge in [0, 0.05) is 10.6 Å². The molecule has 0 unspecified atom stereocenters. The van der Waals surface area contributed by atoms with Gasteiger partial charge in [-0.25, -0.2) is 0 Å². The Morgan fingerprint density at radius 1 is 0.759 bits per heavy atom. The molecule has 0 N–H and O–H groups in total. The third kappa shape index (κ3) is 5.88. The fraction of sp³-hybridized carbons (Fsp3) is 0.250. The zero-order chi connectivity index (χ0) is 19.9. The van der Waals surface area contributed by atoms with Crippen LogP contribution in [0.3, 0.4) is 0 Å². The summed E-state index contributed by atoms with van der Waals surface area (Å²) in [5.41, 5.74) is 3.47. The van der Waals surface area contributed by atoms with Crippen LogP contribution < -0.4 is 9.47 Å². The van der Waals surface area contributed by atoms with Gasteiger partial charge in [-0.3, -0.25) is 0 Å². The van der Waals surface area contributed by atoms with Gasteiger partial charge in [0.15, 0.2) is 0 Å². The number of hydrogen-bond donors (Lipinski definition) is 0. The van der Waals surface area contributed by atoms with E-state index < -0.39 is 0 Å². The molecule has 0 aliphatic carbocycles. The third-order valence-corrected chi connectivity index (χ3v) is 8.04. The van der Waals surface area contributed by atoms with Crippen LogP contribution in [0.1, 0.15) is 27.7 Å². The molecule has 0 spiro atoms. The lowest BCUT2D eigenvalue weighted by Gasteiger charge is -2.21. The molecule has 0 aromatic heterocycles. The molecule has 2 nitrogen and oxygen atoms in total. The fourth-order valence-electron chi connectivity index (χ4n) is 3.03. The minimum Gasteiger partial charge on any atom is -0.489 e. The van der Waals surface area contributed by atoms with Gasteiger partial charge in [-0.2, -0.15) is 0 Å². The van der Waals surface area contributed by atoms with Crippen molar-refractivity contribution in [3.8, 4) is 11.5 Å². The number of ether oxygens (including phenoxy) is 2. The molecule has 1 aliphatic rings. The molecule has 4 rings (SSSR count). The Balaban J connectivity index is 1.27. The number of rotatable bonds is 7. The molecule has 3 aromatic carbocycles. The van der Waals surface area contributed by atoms with E-state index in [-0.39, 0.29) is 0 Å².